The van der Waals surface area contributed by atoms with Crippen molar-refractivity contribution in [2.24, 2.45) is 53.3 Å². The largest absolute Gasteiger partial charge is 0.465 e. The SMILES string of the molecule is COC(=O)c1ccc2nc([C@H](C)CC3CC4CC3CC4c3ccnc4ccc(F)cc34)[nH]c2c1.C[C@H](CC1CC2CC1CC2c1ccnc2ccc(F)cc12)c1nc2cc(Cl)c(F)cc2[nH]1.C[C@H](CC1CC2CC1CC2c1ccnc2ccc(F)cc12)c1nc2ccc(F)cc2[nH]1. The van der Waals surface area contributed by atoms with Crippen LogP contribution >= 0.6 is 11.6 Å². The Bertz CT molecular complexity index is 4960. The standard InChI is InChI=1S/C28H28FN3O2.C26H24ClF2N3.C26H25F2N3/c1-15(27-31-25-5-3-16(28(33)34-2)13-26(25)32-27)9-17-10-19-11-18(17)12-22(19)21-7-8-30-24-6-4-20(29)14-23(21)24;1-13(26-31-24-11-21(27)22(29)12-25(24)32-26)6-14-7-16-8-15(14)9-19(16)18-4-5-30-23-3-2-17(28)10-20(18)23;1-14(26-30-24-5-3-19(28)13-25(24)31-26)8-15-9-17-10-16(15)11-21(17)20-6-7-29-23-4-2-18(27)12-22(20)23/h3-8,13-15,17-19,22H,9-12H2,1-2H3,(H,31,32);2-5,10-16,19H,6-9H2,1H3,(H,31,32);2-7,12-17,21H,8-11H2,1H3,(H,30,31)/t15-,17?,18?,19?,22?;13-,14?,15?,16?,19?;14-,15?,16?,17?,21?/m111/s1. The number of fused-ring (bicyclic) bond motifs is 12. The molecule has 0 radical (unpaired) electrons. The number of hydrogen-bond donors (Lipinski definition) is 3. The van der Waals surface area contributed by atoms with Gasteiger partial charge in [0.05, 0.1) is 67.3 Å². The van der Waals surface area contributed by atoms with Crippen LogP contribution in [0.3, 0.4) is 0 Å². The minimum atomic E-state index is -0.426. The number of ether oxygens (including phenoxy) is 1. The highest BCUT2D eigenvalue weighted by Gasteiger charge is 2.49. The van der Waals surface area contributed by atoms with Gasteiger partial charge in [-0.05, 0) is 280 Å². The van der Waals surface area contributed by atoms with E-state index in [0.29, 0.717) is 99.4 Å². The summed E-state index contributed by atoms with van der Waals surface area (Å²) in [7, 11) is 1.39. The van der Waals surface area contributed by atoms with Gasteiger partial charge in [0.25, 0.3) is 0 Å². The molecule has 6 aliphatic rings. The van der Waals surface area contributed by atoms with Crippen molar-refractivity contribution in [3.05, 3.63) is 214 Å². The minimum absolute atomic E-state index is 0.103. The average molecular weight is 1330 g/mol. The molecule has 6 fully saturated rings. The Morgan fingerprint density at radius 3 is 1.19 bits per heavy atom. The van der Waals surface area contributed by atoms with Crippen molar-refractivity contribution < 1.29 is 31.5 Å². The van der Waals surface area contributed by atoms with Crippen molar-refractivity contribution in [2.45, 2.75) is 133 Å². The fourth-order valence-electron chi connectivity index (χ4n) is 19.3. The molecule has 12 aromatic rings. The Hall–Kier alpha value is -8.63. The van der Waals surface area contributed by atoms with Crippen LogP contribution in [0.5, 0.6) is 0 Å². The molecule has 0 amide bonds. The Balaban J connectivity index is 0.000000114. The van der Waals surface area contributed by atoms with Crippen LogP contribution in [0.15, 0.2) is 140 Å². The van der Waals surface area contributed by atoms with Crippen molar-refractivity contribution in [3.8, 4) is 0 Å². The summed E-state index contributed by atoms with van der Waals surface area (Å²) in [5.41, 5.74) is 11.7. The van der Waals surface area contributed by atoms with E-state index in [9.17, 15) is 26.7 Å². The topological polar surface area (TPSA) is 151 Å². The number of hydrogen-bond acceptors (Lipinski definition) is 8. The first-order chi connectivity index (χ1) is 47.0. The van der Waals surface area contributed by atoms with Crippen molar-refractivity contribution in [3.63, 3.8) is 0 Å². The first kappa shape index (κ1) is 63.1. The smallest absolute Gasteiger partial charge is 0.337 e. The van der Waals surface area contributed by atoms with Crippen LogP contribution in [0.4, 0.5) is 22.0 Å². The molecular weight excluding hydrogens is 1250 g/mol. The van der Waals surface area contributed by atoms with E-state index in [-0.39, 0.29) is 40.2 Å². The highest BCUT2D eigenvalue weighted by atomic mass is 35.5. The molecule has 11 nitrogen and oxygen atoms in total. The number of rotatable bonds is 13. The fourth-order valence-corrected chi connectivity index (χ4v) is 19.4. The van der Waals surface area contributed by atoms with Crippen molar-refractivity contribution in [1.82, 2.24) is 44.9 Å². The highest BCUT2D eigenvalue weighted by Crippen LogP contribution is 2.61. The van der Waals surface area contributed by atoms with Crippen LogP contribution < -0.4 is 0 Å². The number of nitrogens with one attached hydrogen (secondary N) is 3. The Kier molecular flexibility index (Phi) is 16.7. The molecule has 6 aliphatic carbocycles. The number of carbonyl (C=O) groups excluding carboxylic acids is 1. The van der Waals surface area contributed by atoms with E-state index < -0.39 is 5.82 Å². The molecule has 3 N–H and O–H groups in total. The number of carbonyl (C=O) groups is 1. The second-order valence-electron chi connectivity index (χ2n) is 29.4. The molecule has 0 saturated heterocycles. The van der Waals surface area contributed by atoms with Gasteiger partial charge in [-0.2, -0.15) is 0 Å². The van der Waals surface area contributed by atoms with Gasteiger partial charge in [0.15, 0.2) is 0 Å². The number of H-pyrrole nitrogens is 3. The predicted molar refractivity (Wildman–Crippen MR) is 370 cm³/mol. The van der Waals surface area contributed by atoms with Crippen LogP contribution in [0.1, 0.15) is 178 Å². The number of imidazole rings is 3. The molecule has 12 unspecified atom stereocenters. The van der Waals surface area contributed by atoms with Gasteiger partial charge in [0.2, 0.25) is 0 Å². The third-order valence-electron chi connectivity index (χ3n) is 23.7. The van der Waals surface area contributed by atoms with E-state index in [2.05, 4.69) is 73.9 Å². The molecule has 496 valence electrons. The molecule has 6 aromatic heterocycles. The number of aromatic amines is 3. The van der Waals surface area contributed by atoms with Crippen LogP contribution in [0, 0.1) is 82.3 Å². The summed E-state index contributed by atoms with van der Waals surface area (Å²) in [5.74, 6) is 9.65. The van der Waals surface area contributed by atoms with Crippen LogP contribution in [0.25, 0.3) is 65.8 Å². The van der Waals surface area contributed by atoms with Gasteiger partial charge in [-0.1, -0.05) is 32.4 Å². The summed E-state index contributed by atoms with van der Waals surface area (Å²) in [6, 6.07) is 34.2. The van der Waals surface area contributed by atoms with Crippen LogP contribution in [0.2, 0.25) is 5.02 Å². The quantitative estimate of drug-likeness (QED) is 0.0763. The van der Waals surface area contributed by atoms with E-state index in [1.54, 1.807) is 54.6 Å². The molecule has 15 atom stereocenters. The predicted octanol–water partition coefficient (Wildman–Crippen LogP) is 20.4. The molecule has 6 heterocycles. The number of benzene rings is 6. The number of pyridine rings is 3. The number of esters is 1. The number of methoxy groups -OCH3 is 1. The summed E-state index contributed by atoms with van der Waals surface area (Å²) in [6.07, 6.45) is 19.7. The zero-order valence-corrected chi connectivity index (χ0v) is 55.4. The van der Waals surface area contributed by atoms with E-state index >= 15 is 0 Å². The molecule has 97 heavy (non-hydrogen) atoms. The summed E-state index contributed by atoms with van der Waals surface area (Å²) < 4.78 is 73.9. The zero-order valence-electron chi connectivity index (χ0n) is 54.7. The number of aromatic nitrogens is 9. The molecule has 6 bridgehead atoms. The summed E-state index contributed by atoms with van der Waals surface area (Å²) in [4.78, 5) is 49.3. The van der Waals surface area contributed by atoms with Gasteiger partial charge in [-0.25, -0.2) is 41.7 Å². The highest BCUT2D eigenvalue weighted by molar-refractivity contribution is 6.31. The van der Waals surface area contributed by atoms with E-state index in [1.807, 2.05) is 30.7 Å². The lowest BCUT2D eigenvalue weighted by Gasteiger charge is -2.30. The van der Waals surface area contributed by atoms with Gasteiger partial charge in [0.1, 0.15) is 46.6 Å². The van der Waals surface area contributed by atoms with Gasteiger partial charge in [-0.15, -0.1) is 0 Å². The first-order valence-electron chi connectivity index (χ1n) is 34.7. The number of nitrogens with zero attached hydrogens (tertiary/aromatic N) is 6. The first-order valence-corrected chi connectivity index (χ1v) is 35.1. The Morgan fingerprint density at radius 1 is 0.433 bits per heavy atom. The Labute approximate surface area is 564 Å². The third-order valence-corrected chi connectivity index (χ3v) is 24.0. The van der Waals surface area contributed by atoms with E-state index in [0.717, 1.165) is 97.9 Å². The van der Waals surface area contributed by atoms with Gasteiger partial charge in [-0.3, -0.25) is 15.0 Å². The normalized spacial score (nSPS) is 25.5. The maximum atomic E-state index is 14.0. The van der Waals surface area contributed by atoms with Crippen molar-refractivity contribution in [1.29, 1.82) is 0 Å². The van der Waals surface area contributed by atoms with Crippen molar-refractivity contribution in [2.75, 3.05) is 7.11 Å². The van der Waals surface area contributed by atoms with E-state index in [4.69, 9.17) is 26.3 Å². The zero-order chi connectivity index (χ0) is 66.5. The average Bonchev–Trinajstić information content (AvgIpc) is 1.67. The van der Waals surface area contributed by atoms with Gasteiger partial charge < -0.3 is 19.7 Å². The molecule has 17 heteroatoms. The lowest BCUT2D eigenvalue weighted by Crippen LogP contribution is -2.19. The maximum Gasteiger partial charge on any atom is 0.337 e. The Morgan fingerprint density at radius 2 is 0.794 bits per heavy atom. The molecule has 6 saturated carbocycles. The van der Waals surface area contributed by atoms with E-state index in [1.165, 1.54) is 112 Å². The molecule has 6 aromatic carbocycles. The van der Waals surface area contributed by atoms with Crippen LogP contribution in [-0.4, -0.2) is 57.9 Å². The minimum Gasteiger partial charge on any atom is -0.465 e. The fraction of sp³-hybridized carbons (Fsp3) is 0.388. The molecular formula is C80H77ClF5N9O2. The van der Waals surface area contributed by atoms with Gasteiger partial charge in [0, 0.05) is 58.6 Å². The molecule has 18 rings (SSSR count). The summed E-state index contributed by atoms with van der Waals surface area (Å²) >= 11 is 5.91. The lowest BCUT2D eigenvalue weighted by atomic mass is 9.75. The lowest BCUT2D eigenvalue weighted by molar-refractivity contribution is 0.0600. The summed E-state index contributed by atoms with van der Waals surface area (Å²) in [5, 5.41) is 3.01. The van der Waals surface area contributed by atoms with Gasteiger partial charge >= 0.3 is 5.97 Å². The summed E-state index contributed by atoms with van der Waals surface area (Å²) in [6.45, 7) is 6.65. The third kappa shape index (κ3) is 12.2. The molecule has 0 spiro atoms. The van der Waals surface area contributed by atoms with Crippen molar-refractivity contribution >= 4 is 83.4 Å². The monoisotopic (exact) mass is 1330 g/mol. The maximum absolute atomic E-state index is 14.0. The second-order valence-corrected chi connectivity index (χ2v) is 29.8. The second kappa shape index (κ2) is 25.7. The van der Waals surface area contributed by atoms with Crippen LogP contribution in [-0.2, 0) is 4.74 Å². The number of halogens is 6. The molecule has 0 aliphatic heterocycles.